The predicted octanol–water partition coefficient (Wildman–Crippen LogP) is 3.52. The molecule has 20 heavy (non-hydrogen) atoms. The summed E-state index contributed by atoms with van der Waals surface area (Å²) in [6, 6.07) is 14.1. The van der Waals surface area contributed by atoms with Crippen LogP contribution in [0.4, 0.5) is 0 Å². The van der Waals surface area contributed by atoms with Gasteiger partial charge in [-0.2, -0.15) is 0 Å². The fourth-order valence-electron chi connectivity index (χ4n) is 2.23. The van der Waals surface area contributed by atoms with E-state index in [0.717, 1.165) is 24.0 Å². The first-order valence-corrected chi connectivity index (χ1v) is 7.10. The van der Waals surface area contributed by atoms with Crippen LogP contribution in [0.2, 0.25) is 0 Å². The number of carbonyl (C=O) groups excluding carboxylic acids is 1. The summed E-state index contributed by atoms with van der Waals surface area (Å²) in [5.74, 6) is 0.654. The van der Waals surface area contributed by atoms with Gasteiger partial charge in [-0.1, -0.05) is 43.7 Å². The van der Waals surface area contributed by atoms with E-state index < -0.39 is 0 Å². The summed E-state index contributed by atoms with van der Waals surface area (Å²) in [6.07, 6.45) is 2.05. The standard InChI is InChI=1S/C17H21NO2/c1-3-6-13(2)18-17(19)12-20-16-10-9-14-7-4-5-8-15(14)11-16/h4-5,7-11,13H,3,6,12H2,1-2H3,(H,18,19)/t13-/m1/s1. The molecule has 1 N–H and O–H groups in total. The molecule has 1 atom stereocenters. The first kappa shape index (κ1) is 14.4. The van der Waals surface area contributed by atoms with Crippen molar-refractivity contribution in [3.05, 3.63) is 42.5 Å². The molecule has 0 fully saturated rings. The summed E-state index contributed by atoms with van der Waals surface area (Å²) in [4.78, 5) is 11.7. The van der Waals surface area contributed by atoms with Crippen LogP contribution in [0.25, 0.3) is 10.8 Å². The lowest BCUT2D eigenvalue weighted by atomic mass is 10.1. The molecule has 1 amide bonds. The molecule has 0 aliphatic rings. The molecule has 2 aromatic rings. The maximum Gasteiger partial charge on any atom is 0.258 e. The van der Waals surface area contributed by atoms with Crippen molar-refractivity contribution in [1.82, 2.24) is 5.32 Å². The topological polar surface area (TPSA) is 38.3 Å². The SMILES string of the molecule is CCC[C@@H](C)NC(=O)COc1ccc2ccccc2c1. The van der Waals surface area contributed by atoms with Gasteiger partial charge in [0.2, 0.25) is 0 Å². The predicted molar refractivity (Wildman–Crippen MR) is 82.0 cm³/mol. The Morgan fingerprint density at radius 1 is 1.20 bits per heavy atom. The summed E-state index contributed by atoms with van der Waals surface area (Å²) < 4.78 is 5.54. The molecule has 0 spiro atoms. The van der Waals surface area contributed by atoms with E-state index >= 15 is 0 Å². The van der Waals surface area contributed by atoms with Crippen molar-refractivity contribution in [2.24, 2.45) is 0 Å². The van der Waals surface area contributed by atoms with Gasteiger partial charge in [0.25, 0.3) is 5.91 Å². The summed E-state index contributed by atoms with van der Waals surface area (Å²) in [5, 5.41) is 5.21. The van der Waals surface area contributed by atoms with E-state index in [-0.39, 0.29) is 18.6 Å². The molecule has 106 valence electrons. The van der Waals surface area contributed by atoms with Gasteiger partial charge in [-0.3, -0.25) is 4.79 Å². The number of amides is 1. The molecule has 0 bridgehead atoms. The third-order valence-electron chi connectivity index (χ3n) is 3.22. The van der Waals surface area contributed by atoms with Crippen LogP contribution in [0.1, 0.15) is 26.7 Å². The Labute approximate surface area is 119 Å². The normalized spacial score (nSPS) is 12.1. The number of nitrogens with one attached hydrogen (secondary N) is 1. The van der Waals surface area contributed by atoms with Gasteiger partial charge in [0.15, 0.2) is 6.61 Å². The molecule has 0 aromatic heterocycles. The van der Waals surface area contributed by atoms with Crippen LogP contribution in [-0.4, -0.2) is 18.6 Å². The molecule has 3 nitrogen and oxygen atoms in total. The first-order valence-electron chi connectivity index (χ1n) is 7.10. The van der Waals surface area contributed by atoms with Gasteiger partial charge in [-0.05, 0) is 36.2 Å². The highest BCUT2D eigenvalue weighted by atomic mass is 16.5. The smallest absolute Gasteiger partial charge is 0.258 e. The second kappa shape index (κ2) is 6.94. The quantitative estimate of drug-likeness (QED) is 0.873. The van der Waals surface area contributed by atoms with Crippen molar-refractivity contribution < 1.29 is 9.53 Å². The second-order valence-corrected chi connectivity index (χ2v) is 5.05. The average molecular weight is 271 g/mol. The average Bonchev–Trinajstić information content (AvgIpc) is 2.45. The highest BCUT2D eigenvalue weighted by molar-refractivity contribution is 5.84. The van der Waals surface area contributed by atoms with Gasteiger partial charge in [0.1, 0.15) is 5.75 Å². The molecule has 2 aromatic carbocycles. The van der Waals surface area contributed by atoms with Crippen molar-refractivity contribution in [2.75, 3.05) is 6.61 Å². The summed E-state index contributed by atoms with van der Waals surface area (Å²) in [5.41, 5.74) is 0. The Morgan fingerprint density at radius 2 is 1.95 bits per heavy atom. The molecule has 0 unspecified atom stereocenters. The molecule has 0 heterocycles. The van der Waals surface area contributed by atoms with E-state index in [9.17, 15) is 4.79 Å². The third-order valence-corrected chi connectivity index (χ3v) is 3.22. The zero-order chi connectivity index (χ0) is 14.4. The molecular weight excluding hydrogens is 250 g/mol. The lowest BCUT2D eigenvalue weighted by molar-refractivity contribution is -0.123. The highest BCUT2D eigenvalue weighted by Crippen LogP contribution is 2.20. The van der Waals surface area contributed by atoms with Crippen molar-refractivity contribution in [2.45, 2.75) is 32.7 Å². The maximum atomic E-state index is 11.7. The zero-order valence-corrected chi connectivity index (χ0v) is 12.1. The Bertz CT molecular complexity index is 580. The fraction of sp³-hybridized carbons (Fsp3) is 0.353. The minimum atomic E-state index is -0.0703. The van der Waals surface area contributed by atoms with E-state index in [1.165, 1.54) is 5.39 Å². The Morgan fingerprint density at radius 3 is 2.70 bits per heavy atom. The highest BCUT2D eigenvalue weighted by Gasteiger charge is 2.07. The van der Waals surface area contributed by atoms with Crippen LogP contribution >= 0.6 is 0 Å². The number of rotatable bonds is 6. The number of carbonyl (C=O) groups is 1. The largest absolute Gasteiger partial charge is 0.484 e. The molecule has 2 rings (SSSR count). The molecule has 0 saturated carbocycles. The van der Waals surface area contributed by atoms with Crippen molar-refractivity contribution in [3.63, 3.8) is 0 Å². The van der Waals surface area contributed by atoms with Crippen LogP contribution in [-0.2, 0) is 4.79 Å². The number of hydrogen-bond donors (Lipinski definition) is 1. The van der Waals surface area contributed by atoms with E-state index in [1.807, 2.05) is 43.3 Å². The van der Waals surface area contributed by atoms with E-state index in [1.54, 1.807) is 0 Å². The number of benzene rings is 2. The van der Waals surface area contributed by atoms with Crippen LogP contribution < -0.4 is 10.1 Å². The van der Waals surface area contributed by atoms with E-state index in [4.69, 9.17) is 4.74 Å². The van der Waals surface area contributed by atoms with Gasteiger partial charge in [0, 0.05) is 6.04 Å². The van der Waals surface area contributed by atoms with Crippen LogP contribution in [0.15, 0.2) is 42.5 Å². The molecular formula is C17H21NO2. The third kappa shape index (κ3) is 3.98. The molecule has 0 aliphatic heterocycles. The lowest BCUT2D eigenvalue weighted by Crippen LogP contribution is -2.35. The first-order chi connectivity index (χ1) is 9.69. The van der Waals surface area contributed by atoms with Gasteiger partial charge >= 0.3 is 0 Å². The molecule has 0 aliphatic carbocycles. The summed E-state index contributed by atoms with van der Waals surface area (Å²) >= 11 is 0. The second-order valence-electron chi connectivity index (χ2n) is 5.05. The van der Waals surface area contributed by atoms with E-state index in [2.05, 4.69) is 18.3 Å². The van der Waals surface area contributed by atoms with Gasteiger partial charge in [-0.15, -0.1) is 0 Å². The van der Waals surface area contributed by atoms with Gasteiger partial charge in [0.05, 0.1) is 0 Å². The minimum Gasteiger partial charge on any atom is -0.484 e. The van der Waals surface area contributed by atoms with Crippen molar-refractivity contribution >= 4 is 16.7 Å². The molecule has 0 radical (unpaired) electrons. The van der Waals surface area contributed by atoms with Crippen molar-refractivity contribution in [1.29, 1.82) is 0 Å². The summed E-state index contributed by atoms with van der Waals surface area (Å²) in [6.45, 7) is 4.18. The van der Waals surface area contributed by atoms with Crippen LogP contribution in [0, 0.1) is 0 Å². The van der Waals surface area contributed by atoms with Crippen molar-refractivity contribution in [3.8, 4) is 5.75 Å². The van der Waals surface area contributed by atoms with Gasteiger partial charge < -0.3 is 10.1 Å². The van der Waals surface area contributed by atoms with E-state index in [0.29, 0.717) is 0 Å². The fourth-order valence-corrected chi connectivity index (χ4v) is 2.23. The Kier molecular flexibility index (Phi) is 4.99. The number of hydrogen-bond acceptors (Lipinski definition) is 2. The van der Waals surface area contributed by atoms with Crippen LogP contribution in [0.3, 0.4) is 0 Å². The Balaban J connectivity index is 1.90. The maximum absolute atomic E-state index is 11.7. The zero-order valence-electron chi connectivity index (χ0n) is 12.1. The Hall–Kier alpha value is -2.03. The molecule has 0 saturated heterocycles. The minimum absolute atomic E-state index is 0.0619. The number of ether oxygens (including phenoxy) is 1. The van der Waals surface area contributed by atoms with Crippen LogP contribution in [0.5, 0.6) is 5.75 Å². The van der Waals surface area contributed by atoms with Gasteiger partial charge in [-0.25, -0.2) is 0 Å². The number of fused-ring (bicyclic) bond motifs is 1. The summed E-state index contributed by atoms with van der Waals surface area (Å²) in [7, 11) is 0. The lowest BCUT2D eigenvalue weighted by Gasteiger charge is -2.13. The molecule has 3 heteroatoms. The monoisotopic (exact) mass is 271 g/mol.